The number of aldehydes is 1. The van der Waals surface area contributed by atoms with Crippen LogP contribution in [0.2, 0.25) is 0 Å². The third-order valence-corrected chi connectivity index (χ3v) is 3.21. The second kappa shape index (κ2) is 6.52. The van der Waals surface area contributed by atoms with Crippen LogP contribution in [0.3, 0.4) is 0 Å². The van der Waals surface area contributed by atoms with E-state index in [1.165, 1.54) is 12.1 Å². The van der Waals surface area contributed by atoms with Crippen LogP contribution in [0.15, 0.2) is 40.9 Å². The molecule has 104 valence electrons. The van der Waals surface area contributed by atoms with Gasteiger partial charge < -0.3 is 9.47 Å². The molecule has 0 atom stereocenters. The van der Waals surface area contributed by atoms with Crippen molar-refractivity contribution in [3.8, 4) is 11.5 Å². The van der Waals surface area contributed by atoms with Crippen LogP contribution in [0.4, 0.5) is 4.39 Å². The van der Waals surface area contributed by atoms with Gasteiger partial charge >= 0.3 is 0 Å². The van der Waals surface area contributed by atoms with Gasteiger partial charge in [-0.1, -0.05) is 15.9 Å². The van der Waals surface area contributed by atoms with E-state index in [0.29, 0.717) is 12.0 Å². The van der Waals surface area contributed by atoms with Crippen LogP contribution < -0.4 is 9.47 Å². The fourth-order valence-electron chi connectivity index (χ4n) is 1.72. The fraction of sp³-hybridized carbons (Fsp3) is 0.133. The SMILES string of the molecule is COc1ccc(Br)cc1COc1ccc(C=O)cc1F. The number of halogens is 2. The van der Waals surface area contributed by atoms with Gasteiger partial charge in [0.1, 0.15) is 18.6 Å². The third kappa shape index (κ3) is 3.36. The van der Waals surface area contributed by atoms with Crippen molar-refractivity contribution in [2.45, 2.75) is 6.61 Å². The van der Waals surface area contributed by atoms with Gasteiger partial charge in [0.2, 0.25) is 0 Å². The van der Waals surface area contributed by atoms with Gasteiger partial charge in [0.15, 0.2) is 11.6 Å². The first-order valence-electron chi connectivity index (χ1n) is 5.84. The summed E-state index contributed by atoms with van der Waals surface area (Å²) in [7, 11) is 1.56. The molecule has 2 aromatic rings. The zero-order chi connectivity index (χ0) is 14.5. The molecule has 0 saturated carbocycles. The van der Waals surface area contributed by atoms with E-state index in [4.69, 9.17) is 9.47 Å². The lowest BCUT2D eigenvalue weighted by atomic mass is 10.2. The van der Waals surface area contributed by atoms with Crippen molar-refractivity contribution in [1.82, 2.24) is 0 Å². The summed E-state index contributed by atoms with van der Waals surface area (Å²) in [5.74, 6) is 0.194. The van der Waals surface area contributed by atoms with Gasteiger partial charge in [0.25, 0.3) is 0 Å². The molecule has 3 nitrogen and oxygen atoms in total. The van der Waals surface area contributed by atoms with E-state index in [-0.39, 0.29) is 17.9 Å². The molecule has 0 saturated heterocycles. The van der Waals surface area contributed by atoms with Gasteiger partial charge in [0, 0.05) is 15.6 Å². The summed E-state index contributed by atoms with van der Waals surface area (Å²) in [5.41, 5.74) is 1.07. The van der Waals surface area contributed by atoms with Crippen molar-refractivity contribution < 1.29 is 18.7 Å². The summed E-state index contributed by atoms with van der Waals surface area (Å²) in [5, 5.41) is 0. The van der Waals surface area contributed by atoms with Crippen molar-refractivity contribution >= 4 is 22.2 Å². The Morgan fingerprint density at radius 1 is 1.20 bits per heavy atom. The van der Waals surface area contributed by atoms with Crippen LogP contribution in [0.5, 0.6) is 11.5 Å². The highest BCUT2D eigenvalue weighted by atomic mass is 79.9. The van der Waals surface area contributed by atoms with E-state index in [9.17, 15) is 9.18 Å². The summed E-state index contributed by atoms with van der Waals surface area (Å²) >= 11 is 3.36. The van der Waals surface area contributed by atoms with E-state index in [1.54, 1.807) is 13.2 Å². The predicted molar refractivity (Wildman–Crippen MR) is 76.8 cm³/mol. The molecule has 0 aliphatic rings. The minimum Gasteiger partial charge on any atom is -0.496 e. The average molecular weight is 339 g/mol. The zero-order valence-corrected chi connectivity index (χ0v) is 12.3. The lowest BCUT2D eigenvalue weighted by molar-refractivity contribution is 0.112. The summed E-state index contributed by atoms with van der Waals surface area (Å²) < 4.78 is 25.2. The molecule has 20 heavy (non-hydrogen) atoms. The fourth-order valence-corrected chi connectivity index (χ4v) is 2.13. The molecular weight excluding hydrogens is 327 g/mol. The number of methoxy groups -OCH3 is 1. The maximum absolute atomic E-state index is 13.7. The van der Waals surface area contributed by atoms with Gasteiger partial charge in [-0.05, 0) is 36.4 Å². The summed E-state index contributed by atoms with van der Waals surface area (Å²) in [6.07, 6.45) is 0.587. The van der Waals surface area contributed by atoms with Crippen LogP contribution in [0.1, 0.15) is 15.9 Å². The Labute approximate surface area is 124 Å². The van der Waals surface area contributed by atoms with E-state index in [2.05, 4.69) is 15.9 Å². The number of ether oxygens (including phenoxy) is 2. The van der Waals surface area contributed by atoms with Gasteiger partial charge in [-0.25, -0.2) is 4.39 Å². The number of hydrogen-bond acceptors (Lipinski definition) is 3. The first kappa shape index (κ1) is 14.5. The maximum Gasteiger partial charge on any atom is 0.165 e. The molecule has 0 amide bonds. The highest BCUT2D eigenvalue weighted by Crippen LogP contribution is 2.25. The molecule has 0 fully saturated rings. The smallest absolute Gasteiger partial charge is 0.165 e. The second-order valence-electron chi connectivity index (χ2n) is 4.05. The molecule has 0 aromatic heterocycles. The third-order valence-electron chi connectivity index (χ3n) is 2.72. The van der Waals surface area contributed by atoms with Crippen LogP contribution in [0.25, 0.3) is 0 Å². The Morgan fingerprint density at radius 2 is 1.95 bits per heavy atom. The van der Waals surface area contributed by atoms with E-state index >= 15 is 0 Å². The highest BCUT2D eigenvalue weighted by Gasteiger charge is 2.08. The van der Waals surface area contributed by atoms with E-state index in [0.717, 1.165) is 16.1 Å². The quantitative estimate of drug-likeness (QED) is 0.773. The molecule has 2 aromatic carbocycles. The van der Waals surface area contributed by atoms with Crippen molar-refractivity contribution in [2.24, 2.45) is 0 Å². The molecule has 0 radical (unpaired) electrons. The van der Waals surface area contributed by atoms with Crippen LogP contribution in [0, 0.1) is 5.82 Å². The first-order valence-corrected chi connectivity index (χ1v) is 6.63. The number of hydrogen-bond donors (Lipinski definition) is 0. The molecule has 0 N–H and O–H groups in total. The predicted octanol–water partition coefficient (Wildman–Crippen LogP) is 3.99. The molecule has 0 heterocycles. The van der Waals surface area contributed by atoms with Crippen LogP contribution >= 0.6 is 15.9 Å². The minimum absolute atomic E-state index is 0.0950. The molecule has 0 aliphatic heterocycles. The van der Waals surface area contributed by atoms with Crippen molar-refractivity contribution in [1.29, 1.82) is 0 Å². The Bertz CT molecular complexity index is 629. The molecule has 0 spiro atoms. The molecule has 0 bridgehead atoms. The standard InChI is InChI=1S/C15H12BrFO3/c1-19-14-5-3-12(16)7-11(14)9-20-15-4-2-10(8-18)6-13(15)17/h2-8H,9H2,1H3. The molecule has 2 rings (SSSR count). The van der Waals surface area contributed by atoms with Crippen LogP contribution in [-0.4, -0.2) is 13.4 Å². The van der Waals surface area contributed by atoms with E-state index < -0.39 is 5.82 Å². The van der Waals surface area contributed by atoms with Crippen molar-refractivity contribution in [3.63, 3.8) is 0 Å². The van der Waals surface area contributed by atoms with Crippen molar-refractivity contribution in [3.05, 3.63) is 57.8 Å². The average Bonchev–Trinajstić information content (AvgIpc) is 2.46. The summed E-state index contributed by atoms with van der Waals surface area (Å²) in [4.78, 5) is 10.5. The lowest BCUT2D eigenvalue weighted by Gasteiger charge is -2.11. The number of rotatable bonds is 5. The molecule has 5 heteroatoms. The normalized spacial score (nSPS) is 10.2. The van der Waals surface area contributed by atoms with Gasteiger partial charge in [-0.15, -0.1) is 0 Å². The maximum atomic E-state index is 13.7. The second-order valence-corrected chi connectivity index (χ2v) is 4.97. The van der Waals surface area contributed by atoms with Gasteiger partial charge in [0.05, 0.1) is 7.11 Å². The highest BCUT2D eigenvalue weighted by molar-refractivity contribution is 9.10. The minimum atomic E-state index is -0.566. The number of benzene rings is 2. The Hall–Kier alpha value is -1.88. The van der Waals surface area contributed by atoms with Gasteiger partial charge in [-0.3, -0.25) is 4.79 Å². The Balaban J connectivity index is 2.16. The zero-order valence-electron chi connectivity index (χ0n) is 10.7. The topological polar surface area (TPSA) is 35.5 Å². The van der Waals surface area contributed by atoms with E-state index in [1.807, 2.05) is 12.1 Å². The molecule has 0 aliphatic carbocycles. The van der Waals surface area contributed by atoms with Gasteiger partial charge in [-0.2, -0.15) is 0 Å². The number of carbonyl (C=O) groups is 1. The summed E-state index contributed by atoms with van der Waals surface area (Å²) in [6, 6.07) is 9.57. The first-order chi connectivity index (χ1) is 9.63. The lowest BCUT2D eigenvalue weighted by Crippen LogP contribution is -2.00. The number of carbonyl (C=O) groups excluding carboxylic acids is 1. The monoisotopic (exact) mass is 338 g/mol. The largest absolute Gasteiger partial charge is 0.496 e. The van der Waals surface area contributed by atoms with Crippen LogP contribution in [-0.2, 0) is 6.61 Å². The molecular formula is C15H12BrFO3. The Morgan fingerprint density at radius 3 is 2.60 bits per heavy atom. The van der Waals surface area contributed by atoms with Crippen molar-refractivity contribution in [2.75, 3.05) is 7.11 Å². The molecule has 0 unspecified atom stereocenters. The summed E-state index contributed by atoms with van der Waals surface area (Å²) in [6.45, 7) is 0.167. The Kier molecular flexibility index (Phi) is 4.74.